The number of benzene rings is 3. The molecule has 3 atom stereocenters. The van der Waals surface area contributed by atoms with Gasteiger partial charge in [-0.25, -0.2) is 4.79 Å². The van der Waals surface area contributed by atoms with Crippen molar-refractivity contribution < 1.29 is 19.2 Å². The molecule has 41 heavy (non-hydrogen) atoms. The van der Waals surface area contributed by atoms with Gasteiger partial charge in [-0.05, 0) is 48.7 Å². The molecule has 6 nitrogen and oxygen atoms in total. The fourth-order valence-corrected chi connectivity index (χ4v) is 10.0. The summed E-state index contributed by atoms with van der Waals surface area (Å²) in [5.41, 5.74) is 0.238. The second kappa shape index (κ2) is 13.6. The molecular formula is C34H46N2O4Si. The zero-order valence-electron chi connectivity index (χ0n) is 25.5. The van der Waals surface area contributed by atoms with Crippen LogP contribution in [-0.2, 0) is 15.7 Å². The Morgan fingerprint density at radius 3 is 1.78 bits per heavy atom. The highest BCUT2D eigenvalue weighted by atomic mass is 28.4. The maximum Gasteiger partial charge on any atom is 0.408 e. The molecule has 0 fully saturated rings. The van der Waals surface area contributed by atoms with Gasteiger partial charge in [-0.3, -0.25) is 0 Å². The zero-order valence-corrected chi connectivity index (χ0v) is 26.5. The second-order valence-electron chi connectivity index (χ2n) is 12.5. The van der Waals surface area contributed by atoms with Crippen LogP contribution in [0.4, 0.5) is 4.79 Å². The summed E-state index contributed by atoms with van der Waals surface area (Å²) in [4.78, 5) is 13.2. The van der Waals surface area contributed by atoms with E-state index in [2.05, 4.69) is 56.9 Å². The maximum atomic E-state index is 13.2. The SMILES string of the molecule is C=C[C@H]([C@H](NC(=O)OC(C)(C)C)[C@@H](C)O[Si](c1ccccc1)(c1ccccc1)C(C)(C)C)N(O)Cc1ccccc1. The smallest absolute Gasteiger partial charge is 0.408 e. The first-order chi connectivity index (χ1) is 19.3. The van der Waals surface area contributed by atoms with Crippen LogP contribution in [0.2, 0.25) is 5.04 Å². The molecule has 0 radical (unpaired) electrons. The average molecular weight is 575 g/mol. The largest absolute Gasteiger partial charge is 0.444 e. The van der Waals surface area contributed by atoms with Crippen LogP contribution >= 0.6 is 0 Å². The number of nitrogens with zero attached hydrogens (tertiary/aromatic N) is 1. The van der Waals surface area contributed by atoms with Gasteiger partial charge in [0.1, 0.15) is 5.60 Å². The van der Waals surface area contributed by atoms with Crippen LogP contribution < -0.4 is 15.7 Å². The molecular weight excluding hydrogens is 528 g/mol. The monoisotopic (exact) mass is 574 g/mol. The Kier molecular flexibility index (Phi) is 10.7. The van der Waals surface area contributed by atoms with Gasteiger partial charge in [-0.1, -0.05) is 118 Å². The lowest BCUT2D eigenvalue weighted by Crippen LogP contribution is -2.69. The molecule has 1 amide bonds. The van der Waals surface area contributed by atoms with Crippen molar-refractivity contribution in [2.45, 2.75) is 83.8 Å². The van der Waals surface area contributed by atoms with Crippen molar-refractivity contribution in [1.82, 2.24) is 10.4 Å². The van der Waals surface area contributed by atoms with Gasteiger partial charge in [0.2, 0.25) is 0 Å². The van der Waals surface area contributed by atoms with Gasteiger partial charge in [-0.15, -0.1) is 6.58 Å². The molecule has 0 unspecified atom stereocenters. The number of alkyl carbamates (subject to hydrolysis) is 1. The summed E-state index contributed by atoms with van der Waals surface area (Å²) in [6, 6.07) is 29.0. The van der Waals surface area contributed by atoms with Crippen molar-refractivity contribution in [3.63, 3.8) is 0 Å². The predicted octanol–water partition coefficient (Wildman–Crippen LogP) is 6.29. The fraction of sp³-hybridized carbons (Fsp3) is 0.382. The Morgan fingerprint density at radius 1 is 0.902 bits per heavy atom. The Hall–Kier alpha value is -3.23. The van der Waals surface area contributed by atoms with Crippen LogP contribution in [0.3, 0.4) is 0 Å². The molecule has 0 saturated carbocycles. The molecule has 0 aromatic heterocycles. The number of nitrogens with one attached hydrogen (secondary N) is 1. The van der Waals surface area contributed by atoms with E-state index in [0.29, 0.717) is 0 Å². The summed E-state index contributed by atoms with van der Waals surface area (Å²) in [7, 11) is -2.97. The van der Waals surface area contributed by atoms with Crippen LogP contribution in [0.15, 0.2) is 104 Å². The van der Waals surface area contributed by atoms with Crippen molar-refractivity contribution in [1.29, 1.82) is 0 Å². The Bertz CT molecular complexity index is 1200. The molecule has 0 heterocycles. The van der Waals surface area contributed by atoms with Crippen LogP contribution in [0.1, 0.15) is 54.0 Å². The van der Waals surface area contributed by atoms with Crippen LogP contribution in [-0.4, -0.2) is 48.5 Å². The molecule has 3 aromatic carbocycles. The lowest BCUT2D eigenvalue weighted by Gasteiger charge is -2.47. The fourth-order valence-electron chi connectivity index (χ4n) is 5.30. The first-order valence-corrected chi connectivity index (χ1v) is 16.1. The molecule has 0 saturated heterocycles. The molecule has 0 aliphatic heterocycles. The lowest BCUT2D eigenvalue weighted by molar-refractivity contribution is -0.136. The molecule has 3 rings (SSSR count). The third kappa shape index (κ3) is 8.17. The van der Waals surface area contributed by atoms with Crippen molar-refractivity contribution in [2.24, 2.45) is 0 Å². The Balaban J connectivity index is 2.09. The highest BCUT2D eigenvalue weighted by molar-refractivity contribution is 6.99. The molecule has 7 heteroatoms. The second-order valence-corrected chi connectivity index (χ2v) is 16.7. The molecule has 0 aliphatic carbocycles. The minimum absolute atomic E-state index is 0.246. The summed E-state index contributed by atoms with van der Waals surface area (Å²) < 4.78 is 13.0. The van der Waals surface area contributed by atoms with E-state index >= 15 is 0 Å². The standard InChI is InChI=1S/C34H46N2O4Si/c1-9-30(36(38)25-27-19-13-10-14-20-27)31(35-32(37)39-33(3,4)5)26(2)40-41(34(6,7)8,28-21-15-11-16-22-28)29-23-17-12-18-24-29/h9-24,26,30-31,38H,1,25H2,2-8H3,(H,35,37)/t26-,30-,31-/m1/s1. The van der Waals surface area contributed by atoms with Crippen LogP contribution in [0.25, 0.3) is 0 Å². The first-order valence-electron chi connectivity index (χ1n) is 14.2. The van der Waals surface area contributed by atoms with E-state index in [0.717, 1.165) is 15.9 Å². The number of ether oxygens (including phenoxy) is 1. The summed E-state index contributed by atoms with van der Waals surface area (Å²) in [5.74, 6) is 0. The van der Waals surface area contributed by atoms with Gasteiger partial charge in [0.25, 0.3) is 8.32 Å². The van der Waals surface area contributed by atoms with Crippen LogP contribution in [0, 0.1) is 0 Å². The van der Waals surface area contributed by atoms with E-state index in [4.69, 9.17) is 9.16 Å². The summed E-state index contributed by atoms with van der Waals surface area (Å²) >= 11 is 0. The Labute approximate surface area is 247 Å². The summed E-state index contributed by atoms with van der Waals surface area (Å²) in [5, 5.41) is 17.6. The van der Waals surface area contributed by atoms with E-state index in [1.807, 2.05) is 94.4 Å². The highest BCUT2D eigenvalue weighted by Gasteiger charge is 2.52. The topological polar surface area (TPSA) is 71.0 Å². The number of amides is 1. The third-order valence-corrected chi connectivity index (χ3v) is 12.2. The first kappa shape index (κ1) is 32.3. The predicted molar refractivity (Wildman–Crippen MR) is 169 cm³/mol. The Morgan fingerprint density at radius 2 is 1.37 bits per heavy atom. The van der Waals surface area contributed by atoms with Crippen molar-refractivity contribution in [3.8, 4) is 0 Å². The number of rotatable bonds is 11. The van der Waals surface area contributed by atoms with Gasteiger partial charge in [0, 0.05) is 6.54 Å². The van der Waals surface area contributed by atoms with Crippen molar-refractivity contribution in [3.05, 3.63) is 109 Å². The molecule has 2 N–H and O–H groups in total. The average Bonchev–Trinajstić information content (AvgIpc) is 2.91. The molecule has 0 bridgehead atoms. The summed E-state index contributed by atoms with van der Waals surface area (Å²) in [6.45, 7) is 18.3. The number of carbonyl (C=O) groups excluding carboxylic acids is 1. The molecule has 0 spiro atoms. The van der Waals surface area contributed by atoms with Crippen molar-refractivity contribution in [2.75, 3.05) is 0 Å². The van der Waals surface area contributed by atoms with Gasteiger partial charge < -0.3 is 19.7 Å². The van der Waals surface area contributed by atoms with Crippen LogP contribution in [0.5, 0.6) is 0 Å². The maximum absolute atomic E-state index is 13.2. The normalized spacial score (nSPS) is 14.7. The summed E-state index contributed by atoms with van der Waals surface area (Å²) in [6.07, 6.45) is 0.526. The minimum atomic E-state index is -2.97. The molecule has 220 valence electrons. The molecule has 0 aliphatic rings. The van der Waals surface area contributed by atoms with E-state index < -0.39 is 38.2 Å². The third-order valence-electron chi connectivity index (χ3n) is 7.11. The highest BCUT2D eigenvalue weighted by Crippen LogP contribution is 2.38. The lowest BCUT2D eigenvalue weighted by atomic mass is 10.0. The van der Waals surface area contributed by atoms with Gasteiger partial charge in [-0.2, -0.15) is 5.06 Å². The number of hydroxylamine groups is 2. The van der Waals surface area contributed by atoms with E-state index in [1.54, 1.807) is 6.08 Å². The van der Waals surface area contributed by atoms with Gasteiger partial charge >= 0.3 is 6.09 Å². The van der Waals surface area contributed by atoms with Gasteiger partial charge in [0.15, 0.2) is 0 Å². The number of hydrogen-bond donors (Lipinski definition) is 2. The number of hydrogen-bond acceptors (Lipinski definition) is 5. The van der Waals surface area contributed by atoms with E-state index in [9.17, 15) is 10.0 Å². The van der Waals surface area contributed by atoms with Crippen molar-refractivity contribution >= 4 is 24.8 Å². The van der Waals surface area contributed by atoms with Gasteiger partial charge in [0.05, 0.1) is 18.2 Å². The quantitative estimate of drug-likeness (QED) is 0.160. The minimum Gasteiger partial charge on any atom is -0.444 e. The zero-order chi connectivity index (χ0) is 30.3. The molecule has 3 aromatic rings. The van der Waals surface area contributed by atoms with E-state index in [1.165, 1.54) is 5.06 Å². The number of carbonyl (C=O) groups is 1. The van der Waals surface area contributed by atoms with E-state index in [-0.39, 0.29) is 11.6 Å².